The molecule has 4 aromatic heterocycles. The monoisotopic (exact) mass is 573 g/mol. The summed E-state index contributed by atoms with van der Waals surface area (Å²) in [6.07, 6.45) is 3.75. The number of fused-ring (bicyclic) bond motifs is 2. The Labute approximate surface area is 244 Å². The fourth-order valence-electron chi connectivity index (χ4n) is 4.63. The largest absolute Gasteiger partial charge is 0.497 e. The van der Waals surface area contributed by atoms with E-state index in [2.05, 4.69) is 30.6 Å². The normalized spacial score (nSPS) is 17.5. The van der Waals surface area contributed by atoms with Gasteiger partial charge in [-0.05, 0) is 43.0 Å². The van der Waals surface area contributed by atoms with Gasteiger partial charge in [-0.2, -0.15) is 0 Å². The first-order valence-corrected chi connectivity index (χ1v) is 13.3. The quantitative estimate of drug-likeness (QED) is 0.260. The van der Waals surface area contributed by atoms with Crippen LogP contribution >= 0.6 is 11.6 Å². The number of ether oxygens (including phenoxy) is 1. The van der Waals surface area contributed by atoms with Crippen LogP contribution in [0.4, 0.5) is 11.6 Å². The fraction of sp³-hybridized carbons (Fsp3) is 0.276. The number of anilines is 2. The van der Waals surface area contributed by atoms with E-state index in [1.165, 1.54) is 29.9 Å². The first kappa shape index (κ1) is 23.1. The van der Waals surface area contributed by atoms with Crippen LogP contribution in [0.1, 0.15) is 40.3 Å². The summed E-state index contributed by atoms with van der Waals surface area (Å²) in [7, 11) is 1.55. The molecule has 0 spiro atoms. The minimum Gasteiger partial charge on any atom is -0.497 e. The molecule has 1 aromatic carbocycles. The Morgan fingerprint density at radius 1 is 1.24 bits per heavy atom. The van der Waals surface area contributed by atoms with Crippen molar-refractivity contribution in [2.45, 2.75) is 26.8 Å². The van der Waals surface area contributed by atoms with Gasteiger partial charge < -0.3 is 15.0 Å². The van der Waals surface area contributed by atoms with E-state index in [0.29, 0.717) is 27.9 Å². The van der Waals surface area contributed by atoms with Crippen LogP contribution < -0.4 is 15.0 Å². The van der Waals surface area contributed by atoms with Crippen LogP contribution in [0.15, 0.2) is 48.8 Å². The second-order valence-corrected chi connectivity index (χ2v) is 10.5. The number of methoxy groups -OCH3 is 1. The maximum atomic E-state index is 12.7. The van der Waals surface area contributed by atoms with Crippen molar-refractivity contribution in [2.24, 2.45) is 11.8 Å². The SMILES string of the molecule is [2H]C([2H])([2H])N(Cc1ccc(OC)cc1)c1ncc(-c2nc3cc(Cl)c(C(C)=O)cn3n2)c2cc(NC(=O)[C@H]3C[C@H]3C)nnc12. The molecule has 1 aliphatic rings. The topological polar surface area (TPSA) is 128 Å². The lowest BCUT2D eigenvalue weighted by Crippen LogP contribution is -2.19. The van der Waals surface area contributed by atoms with Crippen molar-refractivity contribution in [2.75, 3.05) is 24.3 Å². The van der Waals surface area contributed by atoms with Crippen LogP contribution in [0, 0.1) is 11.8 Å². The van der Waals surface area contributed by atoms with Gasteiger partial charge in [-0.3, -0.25) is 9.59 Å². The van der Waals surface area contributed by atoms with Crippen molar-refractivity contribution >= 4 is 51.5 Å². The van der Waals surface area contributed by atoms with Gasteiger partial charge in [-0.15, -0.1) is 15.3 Å². The fourth-order valence-corrected chi connectivity index (χ4v) is 4.91. The summed E-state index contributed by atoms with van der Waals surface area (Å²) in [5.41, 5.74) is 1.95. The highest BCUT2D eigenvalue weighted by molar-refractivity contribution is 6.34. The van der Waals surface area contributed by atoms with E-state index in [4.69, 9.17) is 20.5 Å². The van der Waals surface area contributed by atoms with Crippen molar-refractivity contribution in [3.8, 4) is 17.1 Å². The standard InChI is InChI=1S/C29H27ClN8O3/c1-15-9-19(15)29(40)32-24-10-20-21(27-33-25-11-23(30)22(16(2)39)14-38(25)36-27)12-31-28(26(20)35-34-24)37(3)13-17-5-7-18(41-4)8-6-17/h5-8,10-12,14-15,19H,9,13H2,1-4H3,(H,32,34,40)/t15-,19+/m1/s1/i3D3. The summed E-state index contributed by atoms with van der Waals surface area (Å²) in [4.78, 5) is 35.0. The van der Waals surface area contributed by atoms with Crippen molar-refractivity contribution in [3.63, 3.8) is 0 Å². The van der Waals surface area contributed by atoms with Crippen LogP contribution in [-0.2, 0) is 11.3 Å². The molecule has 0 unspecified atom stereocenters. The molecule has 6 rings (SSSR count). The summed E-state index contributed by atoms with van der Waals surface area (Å²) in [6.45, 7) is 0.790. The van der Waals surface area contributed by atoms with Crippen LogP contribution in [0.5, 0.6) is 5.75 Å². The lowest BCUT2D eigenvalue weighted by Gasteiger charge is -2.20. The predicted molar refractivity (Wildman–Crippen MR) is 155 cm³/mol. The molecule has 0 saturated heterocycles. The molecule has 2 atom stereocenters. The molecule has 0 aliphatic heterocycles. The summed E-state index contributed by atoms with van der Waals surface area (Å²) in [5, 5.41) is 16.6. The van der Waals surface area contributed by atoms with Crippen molar-refractivity contribution in [3.05, 3.63) is 64.9 Å². The zero-order chi connectivity index (χ0) is 31.3. The lowest BCUT2D eigenvalue weighted by atomic mass is 10.1. The van der Waals surface area contributed by atoms with Crippen molar-refractivity contribution < 1.29 is 18.4 Å². The number of hydrogen-bond donors (Lipinski definition) is 1. The van der Waals surface area contributed by atoms with E-state index < -0.39 is 6.98 Å². The van der Waals surface area contributed by atoms with Gasteiger partial charge in [0.1, 0.15) is 11.3 Å². The number of rotatable bonds is 8. The second kappa shape index (κ2) is 10.4. The average molecular weight is 574 g/mol. The van der Waals surface area contributed by atoms with Gasteiger partial charge in [0, 0.05) is 53.0 Å². The van der Waals surface area contributed by atoms with Gasteiger partial charge in [0.2, 0.25) is 5.91 Å². The minimum absolute atomic E-state index is 0.0133. The van der Waals surface area contributed by atoms with Crippen molar-refractivity contribution in [1.82, 2.24) is 29.8 Å². The van der Waals surface area contributed by atoms with Gasteiger partial charge in [-0.25, -0.2) is 14.5 Å². The number of pyridine rings is 2. The van der Waals surface area contributed by atoms with Gasteiger partial charge in [0.05, 0.1) is 17.7 Å². The number of hydrogen-bond acceptors (Lipinski definition) is 9. The number of nitrogens with one attached hydrogen (secondary N) is 1. The zero-order valence-corrected chi connectivity index (χ0v) is 23.2. The first-order chi connectivity index (χ1) is 20.9. The number of carbonyl (C=O) groups excluding carboxylic acids is 2. The van der Waals surface area contributed by atoms with Crippen LogP contribution in [0.3, 0.4) is 0 Å². The minimum atomic E-state index is -2.60. The Balaban J connectivity index is 1.49. The third-order valence-electron chi connectivity index (χ3n) is 7.11. The van der Waals surface area contributed by atoms with Gasteiger partial charge in [0.25, 0.3) is 0 Å². The highest BCUT2D eigenvalue weighted by atomic mass is 35.5. The number of amides is 1. The number of halogens is 1. The maximum Gasteiger partial charge on any atom is 0.228 e. The molecule has 1 aliphatic carbocycles. The Morgan fingerprint density at radius 2 is 2.02 bits per heavy atom. The Hall–Kier alpha value is -4.64. The highest BCUT2D eigenvalue weighted by Gasteiger charge is 2.39. The third-order valence-corrected chi connectivity index (χ3v) is 7.42. The molecular formula is C29H27ClN8O3. The summed E-state index contributed by atoms with van der Waals surface area (Å²) in [6, 6.07) is 10.2. The third kappa shape index (κ3) is 5.16. The lowest BCUT2D eigenvalue weighted by molar-refractivity contribution is -0.117. The van der Waals surface area contributed by atoms with E-state index in [9.17, 15) is 9.59 Å². The molecule has 41 heavy (non-hydrogen) atoms. The number of ketones is 1. The zero-order valence-electron chi connectivity index (χ0n) is 25.4. The van der Waals surface area contributed by atoms with E-state index >= 15 is 0 Å². The number of nitrogens with zero attached hydrogens (tertiary/aromatic N) is 7. The molecular weight excluding hydrogens is 544 g/mol. The molecule has 1 N–H and O–H groups in total. The second-order valence-electron chi connectivity index (χ2n) is 10.1. The number of benzene rings is 1. The van der Waals surface area contributed by atoms with E-state index in [1.54, 1.807) is 37.4 Å². The van der Waals surface area contributed by atoms with Gasteiger partial charge in [-0.1, -0.05) is 30.7 Å². The summed E-state index contributed by atoms with van der Waals surface area (Å²) < 4.78 is 31.6. The summed E-state index contributed by atoms with van der Waals surface area (Å²) >= 11 is 6.30. The molecule has 12 heteroatoms. The molecule has 0 radical (unpaired) electrons. The molecule has 208 valence electrons. The van der Waals surface area contributed by atoms with Crippen LogP contribution in [0.2, 0.25) is 5.02 Å². The molecule has 1 saturated carbocycles. The molecule has 1 amide bonds. The molecule has 1 fully saturated rings. The van der Waals surface area contributed by atoms with Crippen LogP contribution in [0.25, 0.3) is 27.9 Å². The molecule has 0 bridgehead atoms. The smallest absolute Gasteiger partial charge is 0.228 e. The Bertz CT molecular complexity index is 1930. The van der Waals surface area contributed by atoms with Crippen molar-refractivity contribution in [1.29, 1.82) is 0 Å². The number of Topliss-reactive ketones (excluding diaryl/α,β-unsaturated/α-hetero) is 1. The van der Waals surface area contributed by atoms with E-state index in [1.807, 2.05) is 6.92 Å². The Morgan fingerprint density at radius 3 is 2.71 bits per heavy atom. The molecule has 5 aromatic rings. The van der Waals surface area contributed by atoms with Gasteiger partial charge >= 0.3 is 0 Å². The average Bonchev–Trinajstić information content (AvgIpc) is 3.58. The molecule has 4 heterocycles. The van der Waals surface area contributed by atoms with E-state index in [-0.39, 0.29) is 63.6 Å². The van der Waals surface area contributed by atoms with Gasteiger partial charge in [0.15, 0.2) is 28.9 Å². The molecule has 11 nitrogen and oxygen atoms in total. The highest BCUT2D eigenvalue weighted by Crippen LogP contribution is 2.39. The first-order valence-electron chi connectivity index (χ1n) is 14.4. The number of carbonyl (C=O) groups is 2. The summed E-state index contributed by atoms with van der Waals surface area (Å²) in [5.74, 6) is 0.913. The Kier molecular flexibility index (Phi) is 5.86. The number of aromatic nitrogens is 6. The maximum absolute atomic E-state index is 12.7. The predicted octanol–water partition coefficient (Wildman–Crippen LogP) is 4.83. The van der Waals surface area contributed by atoms with E-state index in [0.717, 1.165) is 11.3 Å². The van der Waals surface area contributed by atoms with Crippen LogP contribution in [-0.4, -0.2) is 55.6 Å².